The van der Waals surface area contributed by atoms with E-state index in [9.17, 15) is 22.8 Å². The van der Waals surface area contributed by atoms with Gasteiger partial charge in [-0.2, -0.15) is 13.2 Å². The first-order chi connectivity index (χ1) is 18.6. The van der Waals surface area contributed by atoms with Crippen LogP contribution in [-0.2, 0) is 17.5 Å². The second-order valence-corrected chi connectivity index (χ2v) is 10.2. The van der Waals surface area contributed by atoms with Crippen LogP contribution in [0.5, 0.6) is 0 Å². The van der Waals surface area contributed by atoms with E-state index in [1.807, 2.05) is 0 Å². The molecule has 3 heterocycles. The lowest BCUT2D eigenvalue weighted by atomic mass is 9.96. The summed E-state index contributed by atoms with van der Waals surface area (Å²) in [6.45, 7) is 3.57. The summed E-state index contributed by atoms with van der Waals surface area (Å²) in [4.78, 5) is 40.8. The van der Waals surface area contributed by atoms with Crippen LogP contribution >= 0.6 is 0 Å². The molecule has 1 amide bonds. The summed E-state index contributed by atoms with van der Waals surface area (Å²) in [7, 11) is 0. The summed E-state index contributed by atoms with van der Waals surface area (Å²) in [5.41, 5.74) is 0.277. The van der Waals surface area contributed by atoms with E-state index in [1.54, 1.807) is 25.1 Å². The zero-order valence-corrected chi connectivity index (χ0v) is 21.5. The van der Waals surface area contributed by atoms with Gasteiger partial charge in [-0.25, -0.2) is 9.97 Å². The van der Waals surface area contributed by atoms with Crippen molar-refractivity contribution in [3.63, 3.8) is 0 Å². The van der Waals surface area contributed by atoms with Crippen LogP contribution in [-0.4, -0.2) is 39.7 Å². The number of carbonyl (C=O) groups excluding carboxylic acids is 2. The second kappa shape index (κ2) is 10.6. The van der Waals surface area contributed by atoms with Gasteiger partial charge in [0.15, 0.2) is 5.78 Å². The van der Waals surface area contributed by atoms with E-state index in [4.69, 9.17) is 0 Å². The van der Waals surface area contributed by atoms with Gasteiger partial charge in [-0.1, -0.05) is 11.6 Å². The van der Waals surface area contributed by atoms with E-state index in [1.165, 1.54) is 24.7 Å². The molecule has 1 saturated heterocycles. The Hall–Kier alpha value is -4.02. The van der Waals surface area contributed by atoms with Crippen molar-refractivity contribution in [1.29, 1.82) is 0 Å². The predicted molar refractivity (Wildman–Crippen MR) is 140 cm³/mol. The lowest BCUT2D eigenvalue weighted by Gasteiger charge is -2.16. The van der Waals surface area contributed by atoms with Gasteiger partial charge >= 0.3 is 6.18 Å². The number of benzene rings is 1. The van der Waals surface area contributed by atoms with E-state index < -0.39 is 17.2 Å². The number of nitrogens with one attached hydrogen (secondary N) is 2. The van der Waals surface area contributed by atoms with Crippen molar-refractivity contribution in [2.45, 2.75) is 51.7 Å². The molecule has 5 rings (SSSR count). The molecule has 2 fully saturated rings. The number of pyridine rings is 1. The number of rotatable bonds is 9. The quantitative estimate of drug-likeness (QED) is 0.361. The molecule has 11 heteroatoms. The highest BCUT2D eigenvalue weighted by molar-refractivity contribution is 6.00. The van der Waals surface area contributed by atoms with E-state index in [0.717, 1.165) is 32.0 Å². The first-order valence-electron chi connectivity index (χ1n) is 12.9. The number of aromatic nitrogens is 3. The summed E-state index contributed by atoms with van der Waals surface area (Å²) in [6, 6.07) is 7.32. The smallest absolute Gasteiger partial charge is 0.354 e. The van der Waals surface area contributed by atoms with E-state index in [-0.39, 0.29) is 30.3 Å². The van der Waals surface area contributed by atoms with Crippen LogP contribution < -0.4 is 15.5 Å². The van der Waals surface area contributed by atoms with Crippen LogP contribution in [0.15, 0.2) is 48.9 Å². The van der Waals surface area contributed by atoms with Crippen molar-refractivity contribution in [3.8, 4) is 0 Å². The van der Waals surface area contributed by atoms with Crippen LogP contribution in [0.2, 0.25) is 0 Å². The lowest BCUT2D eigenvalue weighted by Crippen LogP contribution is -2.33. The minimum Gasteiger partial charge on any atom is -0.354 e. The minimum absolute atomic E-state index is 0.0626. The maximum Gasteiger partial charge on any atom is 0.418 e. The molecule has 0 radical (unpaired) electrons. The summed E-state index contributed by atoms with van der Waals surface area (Å²) in [5, 5.41) is 5.62. The van der Waals surface area contributed by atoms with Gasteiger partial charge in [-0.05, 0) is 56.9 Å². The summed E-state index contributed by atoms with van der Waals surface area (Å²) in [6.07, 6.45) is 3.52. The van der Waals surface area contributed by atoms with Gasteiger partial charge in [-0.15, -0.1) is 0 Å². The van der Waals surface area contributed by atoms with Gasteiger partial charge < -0.3 is 15.5 Å². The zero-order chi connectivity index (χ0) is 27.6. The highest BCUT2D eigenvalue weighted by atomic mass is 19.4. The van der Waals surface area contributed by atoms with Crippen molar-refractivity contribution < 1.29 is 22.8 Å². The molecule has 8 nitrogen and oxygen atoms in total. The number of ketones is 1. The highest BCUT2D eigenvalue weighted by Gasteiger charge is 2.51. The number of hydrogen-bond donors (Lipinski definition) is 2. The zero-order valence-electron chi connectivity index (χ0n) is 21.5. The normalized spacial score (nSPS) is 16.2. The molecular weight excluding hydrogens is 509 g/mol. The molecule has 1 aliphatic heterocycles. The Labute approximate surface area is 224 Å². The first-order valence-corrected chi connectivity index (χ1v) is 12.9. The van der Waals surface area contributed by atoms with Crippen molar-refractivity contribution in [2.24, 2.45) is 5.41 Å². The maximum atomic E-state index is 13.4. The molecule has 2 aliphatic rings. The van der Waals surface area contributed by atoms with Crippen molar-refractivity contribution >= 4 is 29.0 Å². The fourth-order valence-corrected chi connectivity index (χ4v) is 4.71. The first kappa shape index (κ1) is 26.6. The Balaban J connectivity index is 1.15. The van der Waals surface area contributed by atoms with Crippen LogP contribution in [0.1, 0.15) is 59.3 Å². The summed E-state index contributed by atoms with van der Waals surface area (Å²) in [5.74, 6) is 0.235. The average molecular weight is 539 g/mol. The molecule has 39 heavy (non-hydrogen) atoms. The molecule has 1 aliphatic carbocycles. The molecule has 0 spiro atoms. The van der Waals surface area contributed by atoms with Gasteiger partial charge in [0.1, 0.15) is 0 Å². The average Bonchev–Trinajstić information content (AvgIpc) is 3.49. The molecule has 2 aromatic heterocycles. The third-order valence-corrected chi connectivity index (χ3v) is 7.20. The van der Waals surface area contributed by atoms with Gasteiger partial charge in [0, 0.05) is 31.9 Å². The Morgan fingerprint density at radius 2 is 1.72 bits per heavy atom. The SMILES string of the molecule is Cc1ccc(Nc2ccc(CNC(=O)C3(CC(=O)c4cnc(N5CCCC5)nc4)CC3)nc2)c(C(F)(F)F)c1. The number of carbonyl (C=O) groups is 2. The van der Waals surface area contributed by atoms with Crippen LogP contribution in [0.3, 0.4) is 0 Å². The fraction of sp³-hybridized carbons (Fsp3) is 0.393. The van der Waals surface area contributed by atoms with E-state index in [0.29, 0.717) is 41.3 Å². The van der Waals surface area contributed by atoms with Crippen molar-refractivity contribution in [3.05, 3.63) is 71.3 Å². The van der Waals surface area contributed by atoms with E-state index >= 15 is 0 Å². The van der Waals surface area contributed by atoms with Gasteiger partial charge in [0.25, 0.3) is 0 Å². The second-order valence-electron chi connectivity index (χ2n) is 10.2. The molecule has 1 aromatic carbocycles. The van der Waals surface area contributed by atoms with Crippen LogP contribution in [0.25, 0.3) is 0 Å². The van der Waals surface area contributed by atoms with Crippen molar-refractivity contribution in [2.75, 3.05) is 23.3 Å². The number of amides is 1. The summed E-state index contributed by atoms with van der Waals surface area (Å²) < 4.78 is 40.2. The number of Topliss-reactive ketones (excluding diaryl/α,β-unsaturated/α-hetero) is 1. The third-order valence-electron chi connectivity index (χ3n) is 7.20. The third kappa shape index (κ3) is 6.18. The predicted octanol–water partition coefficient (Wildman–Crippen LogP) is 5.21. The number of anilines is 3. The monoisotopic (exact) mass is 538 g/mol. The number of aryl methyl sites for hydroxylation is 1. The molecule has 2 N–H and O–H groups in total. The van der Waals surface area contributed by atoms with Gasteiger partial charge in [0.2, 0.25) is 11.9 Å². The minimum atomic E-state index is -4.49. The molecular formula is C28H29F3N6O2. The molecule has 0 atom stereocenters. The topological polar surface area (TPSA) is 100 Å². The summed E-state index contributed by atoms with van der Waals surface area (Å²) >= 11 is 0. The lowest BCUT2D eigenvalue weighted by molar-refractivity contribution is -0.137. The maximum absolute atomic E-state index is 13.4. The molecule has 3 aromatic rings. The molecule has 0 unspecified atom stereocenters. The van der Waals surface area contributed by atoms with Crippen LogP contribution in [0.4, 0.5) is 30.5 Å². The van der Waals surface area contributed by atoms with E-state index in [2.05, 4.69) is 30.5 Å². The number of nitrogens with zero attached hydrogens (tertiary/aromatic N) is 4. The number of halogens is 3. The molecule has 204 valence electrons. The molecule has 0 bridgehead atoms. The Morgan fingerprint density at radius 3 is 2.33 bits per heavy atom. The van der Waals surface area contributed by atoms with Crippen molar-refractivity contribution in [1.82, 2.24) is 20.3 Å². The fourth-order valence-electron chi connectivity index (χ4n) is 4.71. The Bertz CT molecular complexity index is 1350. The van der Waals surface area contributed by atoms with Crippen LogP contribution in [0, 0.1) is 12.3 Å². The number of alkyl halides is 3. The number of hydrogen-bond acceptors (Lipinski definition) is 7. The molecule has 1 saturated carbocycles. The van der Waals surface area contributed by atoms with Gasteiger partial charge in [0.05, 0.1) is 46.4 Å². The standard InChI is InChI=1S/C28H29F3N6O2/c1-18-4-7-23(22(12-18)28(29,30)31)36-21-6-5-20(32-17-21)16-33-25(39)27(8-9-27)13-24(38)19-14-34-26(35-15-19)37-10-2-3-11-37/h4-7,12,14-15,17,36H,2-3,8-11,13,16H2,1H3,(H,33,39). The highest BCUT2D eigenvalue weighted by Crippen LogP contribution is 2.49. The Kier molecular flexibility index (Phi) is 7.24. The van der Waals surface area contributed by atoms with Gasteiger partial charge in [-0.3, -0.25) is 14.6 Å². The largest absolute Gasteiger partial charge is 0.418 e. The Morgan fingerprint density at radius 1 is 1.00 bits per heavy atom.